The van der Waals surface area contributed by atoms with Gasteiger partial charge < -0.3 is 19.8 Å². The van der Waals surface area contributed by atoms with E-state index < -0.39 is 11.9 Å². The van der Waals surface area contributed by atoms with Crippen molar-refractivity contribution >= 4 is 17.8 Å². The first-order valence-corrected chi connectivity index (χ1v) is 10.8. The molecule has 1 atom stereocenters. The smallest absolute Gasteiger partial charge is 0.328 e. The fraction of sp³-hybridized carbons (Fsp3) is 0.320. The first kappa shape index (κ1) is 24.2. The van der Waals surface area contributed by atoms with Gasteiger partial charge in [0.15, 0.2) is 0 Å². The van der Waals surface area contributed by atoms with Gasteiger partial charge in [0.25, 0.3) is 0 Å². The summed E-state index contributed by atoms with van der Waals surface area (Å²) in [4.78, 5) is 29.1. The molecule has 0 aliphatic carbocycles. The van der Waals surface area contributed by atoms with Crippen molar-refractivity contribution in [2.75, 3.05) is 39.9 Å². The van der Waals surface area contributed by atoms with Gasteiger partial charge in [-0.15, -0.1) is 0 Å². The summed E-state index contributed by atoms with van der Waals surface area (Å²) in [5, 5.41) is 15.6. The Bertz CT molecular complexity index is 984. The summed E-state index contributed by atoms with van der Waals surface area (Å²) < 4.78 is 5.49. The number of ether oxygens (including phenoxy) is 1. The number of carboxylic acids is 2. The predicted molar refractivity (Wildman–Crippen MR) is 125 cm³/mol. The second-order valence-electron chi connectivity index (χ2n) is 7.81. The molecule has 8 nitrogen and oxygen atoms in total. The first-order chi connectivity index (χ1) is 15.9. The Labute approximate surface area is 193 Å². The third kappa shape index (κ3) is 7.27. The van der Waals surface area contributed by atoms with Gasteiger partial charge in [-0.2, -0.15) is 0 Å². The molecule has 2 N–H and O–H groups in total. The van der Waals surface area contributed by atoms with E-state index in [2.05, 4.69) is 71.4 Å². The molecule has 2 aliphatic heterocycles. The predicted octanol–water partition coefficient (Wildman–Crippen LogP) is 2.66. The van der Waals surface area contributed by atoms with E-state index in [-0.39, 0.29) is 6.04 Å². The van der Waals surface area contributed by atoms with Gasteiger partial charge in [-0.05, 0) is 16.7 Å². The molecule has 1 unspecified atom stereocenters. The van der Waals surface area contributed by atoms with E-state index in [0.717, 1.165) is 45.2 Å². The Hall–Kier alpha value is -3.49. The van der Waals surface area contributed by atoms with Crippen LogP contribution in [0.4, 0.5) is 0 Å². The molecule has 1 fully saturated rings. The molecule has 33 heavy (non-hydrogen) atoms. The molecule has 2 aromatic rings. The van der Waals surface area contributed by atoms with Crippen LogP contribution >= 0.6 is 0 Å². The third-order valence-corrected chi connectivity index (χ3v) is 5.43. The maximum atomic E-state index is 9.55. The maximum absolute atomic E-state index is 9.55. The van der Waals surface area contributed by atoms with Gasteiger partial charge in [-0.3, -0.25) is 9.89 Å². The molecular weight excluding hydrogens is 422 g/mol. The first-order valence-electron chi connectivity index (χ1n) is 10.8. The molecule has 0 saturated carbocycles. The maximum Gasteiger partial charge on any atom is 0.328 e. The highest BCUT2D eigenvalue weighted by Crippen LogP contribution is 2.32. The average Bonchev–Trinajstić information content (AvgIpc) is 2.96. The van der Waals surface area contributed by atoms with Crippen LogP contribution in [0.15, 0.2) is 71.7 Å². The van der Waals surface area contributed by atoms with Crippen LogP contribution in [0.3, 0.4) is 0 Å². The number of carboxylic acid groups (broad SMARTS) is 2. The molecule has 0 bridgehead atoms. The molecule has 2 heterocycles. The molecule has 0 amide bonds. The number of benzene rings is 2. The van der Waals surface area contributed by atoms with E-state index in [9.17, 15) is 9.59 Å². The molecule has 0 aromatic heterocycles. The minimum Gasteiger partial charge on any atom is -0.478 e. The van der Waals surface area contributed by atoms with Gasteiger partial charge in [0, 0.05) is 38.8 Å². The monoisotopic (exact) mass is 451 g/mol. The largest absolute Gasteiger partial charge is 0.478 e. The van der Waals surface area contributed by atoms with Crippen LogP contribution in [-0.4, -0.2) is 77.7 Å². The molecule has 2 aliphatic rings. The number of aliphatic imine (C=N–C) groups is 1. The van der Waals surface area contributed by atoms with Crippen molar-refractivity contribution < 1.29 is 24.5 Å². The van der Waals surface area contributed by atoms with Crippen LogP contribution in [0, 0.1) is 0 Å². The second-order valence-corrected chi connectivity index (χ2v) is 7.81. The zero-order chi connectivity index (χ0) is 23.6. The van der Waals surface area contributed by atoms with Gasteiger partial charge >= 0.3 is 11.9 Å². The Kier molecular flexibility index (Phi) is 8.74. The fourth-order valence-electron chi connectivity index (χ4n) is 3.76. The number of likely N-dealkylation sites (N-methyl/N-ethyl adjacent to an activating group) is 1. The summed E-state index contributed by atoms with van der Waals surface area (Å²) >= 11 is 0. The SMILES string of the molecule is CN1Cc2ccccc2C(c2ccccc2)N=C1CN1CCOCC1.O=C(O)/C=C/C(=O)O. The zero-order valence-electron chi connectivity index (χ0n) is 18.6. The number of aliphatic carboxylic acids is 2. The minimum absolute atomic E-state index is 0.0680. The van der Waals surface area contributed by atoms with Crippen molar-refractivity contribution in [2.45, 2.75) is 12.6 Å². The lowest BCUT2D eigenvalue weighted by Gasteiger charge is -2.30. The Morgan fingerprint density at radius 3 is 2.24 bits per heavy atom. The van der Waals surface area contributed by atoms with E-state index in [0.29, 0.717) is 12.2 Å². The lowest BCUT2D eigenvalue weighted by molar-refractivity contribution is -0.134. The van der Waals surface area contributed by atoms with Crippen LogP contribution in [0.2, 0.25) is 0 Å². The number of nitrogens with zero attached hydrogens (tertiary/aromatic N) is 3. The highest BCUT2D eigenvalue weighted by molar-refractivity contribution is 5.89. The van der Waals surface area contributed by atoms with Gasteiger partial charge in [-0.1, -0.05) is 54.6 Å². The van der Waals surface area contributed by atoms with Crippen molar-refractivity contribution in [2.24, 2.45) is 4.99 Å². The van der Waals surface area contributed by atoms with E-state index in [1.165, 1.54) is 16.7 Å². The van der Waals surface area contributed by atoms with Gasteiger partial charge in [0.1, 0.15) is 11.9 Å². The molecular formula is C25H29N3O5. The Morgan fingerprint density at radius 2 is 1.61 bits per heavy atom. The van der Waals surface area contributed by atoms with Gasteiger partial charge in [-0.25, -0.2) is 9.59 Å². The zero-order valence-corrected chi connectivity index (χ0v) is 18.6. The van der Waals surface area contributed by atoms with Crippen molar-refractivity contribution in [1.82, 2.24) is 9.80 Å². The van der Waals surface area contributed by atoms with E-state index in [4.69, 9.17) is 19.9 Å². The summed E-state index contributed by atoms with van der Waals surface area (Å²) in [7, 11) is 2.16. The van der Waals surface area contributed by atoms with Crippen molar-refractivity contribution in [1.29, 1.82) is 0 Å². The molecule has 4 rings (SSSR count). The summed E-state index contributed by atoms with van der Waals surface area (Å²) in [6.07, 6.45) is 1.12. The summed E-state index contributed by atoms with van der Waals surface area (Å²) in [6.45, 7) is 5.39. The second kappa shape index (κ2) is 11.9. The number of rotatable bonds is 5. The lowest BCUT2D eigenvalue weighted by Crippen LogP contribution is -2.43. The van der Waals surface area contributed by atoms with E-state index in [1.54, 1.807) is 0 Å². The summed E-state index contributed by atoms with van der Waals surface area (Å²) in [5.41, 5.74) is 3.93. The number of hydrogen-bond donors (Lipinski definition) is 2. The summed E-state index contributed by atoms with van der Waals surface area (Å²) in [5.74, 6) is -1.35. The number of hydrogen-bond acceptors (Lipinski definition) is 6. The number of amidine groups is 1. The van der Waals surface area contributed by atoms with Crippen molar-refractivity contribution in [3.8, 4) is 0 Å². The topological polar surface area (TPSA) is 103 Å². The molecule has 174 valence electrons. The highest BCUT2D eigenvalue weighted by atomic mass is 16.5. The molecule has 2 aromatic carbocycles. The van der Waals surface area contributed by atoms with Crippen LogP contribution in [0.1, 0.15) is 22.7 Å². The number of carbonyl (C=O) groups is 2. The normalized spacial score (nSPS) is 18.5. The van der Waals surface area contributed by atoms with E-state index >= 15 is 0 Å². The van der Waals surface area contributed by atoms with Crippen molar-refractivity contribution in [3.63, 3.8) is 0 Å². The average molecular weight is 452 g/mol. The van der Waals surface area contributed by atoms with Crippen LogP contribution in [0.25, 0.3) is 0 Å². The fourth-order valence-corrected chi connectivity index (χ4v) is 3.76. The summed E-state index contributed by atoms with van der Waals surface area (Å²) in [6, 6.07) is 19.4. The number of fused-ring (bicyclic) bond motifs is 1. The number of morpholine rings is 1. The molecule has 0 radical (unpaired) electrons. The van der Waals surface area contributed by atoms with Crippen LogP contribution < -0.4 is 0 Å². The molecule has 0 spiro atoms. The highest BCUT2D eigenvalue weighted by Gasteiger charge is 2.24. The third-order valence-electron chi connectivity index (χ3n) is 5.43. The lowest BCUT2D eigenvalue weighted by atomic mass is 9.95. The minimum atomic E-state index is -1.26. The van der Waals surface area contributed by atoms with E-state index in [1.807, 2.05) is 0 Å². The standard InChI is InChI=1S/C21H25N3O.C4H4O4/c1-23-15-18-9-5-6-10-19(18)21(17-7-3-2-4-8-17)22-20(23)16-24-11-13-25-14-12-24;5-3(6)1-2-4(7)8/h2-10,21H,11-16H2,1H3;1-2H,(H,5,6)(H,7,8)/b;2-1+. The van der Waals surface area contributed by atoms with Crippen molar-refractivity contribution in [3.05, 3.63) is 83.4 Å². The Morgan fingerprint density at radius 1 is 1.00 bits per heavy atom. The van der Waals surface area contributed by atoms with Crippen LogP contribution in [-0.2, 0) is 20.9 Å². The molecule has 8 heteroatoms. The quantitative estimate of drug-likeness (QED) is 0.674. The van der Waals surface area contributed by atoms with Crippen LogP contribution in [0.5, 0.6) is 0 Å². The Balaban J connectivity index is 0.000000331. The molecule has 1 saturated heterocycles. The van der Waals surface area contributed by atoms with Gasteiger partial charge in [0.2, 0.25) is 0 Å². The van der Waals surface area contributed by atoms with Gasteiger partial charge in [0.05, 0.1) is 19.8 Å².